The molecule has 0 saturated heterocycles. The van der Waals surface area contributed by atoms with Crippen molar-refractivity contribution in [3.63, 3.8) is 0 Å². The molecule has 1 N–H and O–H groups in total. The number of carbonyl (C=O) groups excluding carboxylic acids is 1. The predicted octanol–water partition coefficient (Wildman–Crippen LogP) is 3.81. The fourth-order valence-electron chi connectivity index (χ4n) is 2.83. The van der Waals surface area contributed by atoms with Crippen LogP contribution in [0.15, 0.2) is 48.5 Å². The Bertz CT molecular complexity index is 657. The third-order valence-corrected chi connectivity index (χ3v) is 4.37. The van der Waals surface area contributed by atoms with Crippen molar-refractivity contribution in [2.45, 2.75) is 32.2 Å². The Morgan fingerprint density at radius 2 is 1.78 bits per heavy atom. The number of nitrogens with one attached hydrogen (secondary N) is 1. The van der Waals surface area contributed by atoms with Gasteiger partial charge in [0.25, 0.3) is 0 Å². The molecule has 1 unspecified atom stereocenters. The second-order valence-corrected chi connectivity index (χ2v) is 6.32. The molecule has 0 heterocycles. The van der Waals surface area contributed by atoms with Gasteiger partial charge in [0, 0.05) is 0 Å². The van der Waals surface area contributed by atoms with Crippen molar-refractivity contribution in [3.05, 3.63) is 65.2 Å². The molecule has 3 rings (SSSR count). The average Bonchev–Trinajstić information content (AvgIpc) is 3.39. The first kappa shape index (κ1) is 15.6. The molecule has 120 valence electrons. The van der Waals surface area contributed by atoms with Gasteiger partial charge in [0.2, 0.25) is 5.91 Å². The van der Waals surface area contributed by atoms with Crippen molar-refractivity contribution in [1.82, 2.24) is 5.32 Å². The molecule has 3 heteroatoms. The zero-order valence-corrected chi connectivity index (χ0v) is 13.7. The van der Waals surface area contributed by atoms with E-state index < -0.39 is 0 Å². The number of benzene rings is 2. The summed E-state index contributed by atoms with van der Waals surface area (Å²) in [4.78, 5) is 12.4. The summed E-state index contributed by atoms with van der Waals surface area (Å²) in [6.07, 6.45) is 2.79. The molecular weight excluding hydrogens is 286 g/mol. The van der Waals surface area contributed by atoms with Crippen LogP contribution in [0.2, 0.25) is 0 Å². The van der Waals surface area contributed by atoms with Crippen LogP contribution in [0.5, 0.6) is 5.75 Å². The highest BCUT2D eigenvalue weighted by atomic mass is 16.5. The summed E-state index contributed by atoms with van der Waals surface area (Å²) in [6.45, 7) is 2.08. The number of carbonyl (C=O) groups is 1. The van der Waals surface area contributed by atoms with Crippen molar-refractivity contribution < 1.29 is 9.53 Å². The summed E-state index contributed by atoms with van der Waals surface area (Å²) >= 11 is 0. The van der Waals surface area contributed by atoms with Gasteiger partial charge in [-0.3, -0.25) is 4.79 Å². The van der Waals surface area contributed by atoms with Gasteiger partial charge in [-0.15, -0.1) is 0 Å². The Kier molecular flexibility index (Phi) is 4.65. The van der Waals surface area contributed by atoms with Gasteiger partial charge in [0.1, 0.15) is 5.75 Å². The van der Waals surface area contributed by atoms with Gasteiger partial charge in [0.15, 0.2) is 0 Å². The zero-order valence-electron chi connectivity index (χ0n) is 13.7. The highest BCUT2D eigenvalue weighted by Gasteiger charge is 2.33. The standard InChI is InChI=1S/C20H23NO2/c1-14-3-7-16(8-4-14)20(17-9-10-17)21-19(22)13-15-5-11-18(23-2)12-6-15/h3-8,11-12,17,20H,9-10,13H2,1-2H3,(H,21,22). The molecule has 2 aromatic rings. The van der Waals surface area contributed by atoms with Gasteiger partial charge in [-0.25, -0.2) is 0 Å². The largest absolute Gasteiger partial charge is 0.497 e. The van der Waals surface area contributed by atoms with E-state index in [9.17, 15) is 4.79 Å². The lowest BCUT2D eigenvalue weighted by atomic mass is 10.0. The number of methoxy groups -OCH3 is 1. The summed E-state index contributed by atoms with van der Waals surface area (Å²) in [7, 11) is 1.64. The molecule has 1 aliphatic carbocycles. The lowest BCUT2D eigenvalue weighted by Crippen LogP contribution is -2.31. The van der Waals surface area contributed by atoms with E-state index in [4.69, 9.17) is 4.74 Å². The van der Waals surface area contributed by atoms with Gasteiger partial charge in [-0.1, -0.05) is 42.0 Å². The van der Waals surface area contributed by atoms with Crippen molar-refractivity contribution in [2.24, 2.45) is 5.92 Å². The maximum Gasteiger partial charge on any atom is 0.224 e. The highest BCUT2D eigenvalue weighted by molar-refractivity contribution is 5.79. The molecule has 0 aliphatic heterocycles. The van der Waals surface area contributed by atoms with E-state index in [0.29, 0.717) is 12.3 Å². The second kappa shape index (κ2) is 6.86. The maximum absolute atomic E-state index is 12.4. The van der Waals surface area contributed by atoms with Crippen LogP contribution in [0.25, 0.3) is 0 Å². The number of amides is 1. The minimum Gasteiger partial charge on any atom is -0.497 e. The van der Waals surface area contributed by atoms with E-state index in [1.165, 1.54) is 24.0 Å². The Labute approximate surface area is 137 Å². The average molecular weight is 309 g/mol. The normalized spacial score (nSPS) is 15.0. The SMILES string of the molecule is COc1ccc(CC(=O)NC(c2ccc(C)cc2)C2CC2)cc1. The van der Waals surface area contributed by atoms with Crippen LogP contribution in [-0.2, 0) is 11.2 Å². The Balaban J connectivity index is 1.65. The predicted molar refractivity (Wildman–Crippen MR) is 91.5 cm³/mol. The minimum absolute atomic E-state index is 0.0765. The number of aryl methyl sites for hydroxylation is 1. The minimum atomic E-state index is 0.0765. The fraction of sp³-hybridized carbons (Fsp3) is 0.350. The maximum atomic E-state index is 12.4. The van der Waals surface area contributed by atoms with Crippen molar-refractivity contribution >= 4 is 5.91 Å². The lowest BCUT2D eigenvalue weighted by Gasteiger charge is -2.19. The molecule has 0 radical (unpaired) electrons. The first-order valence-corrected chi connectivity index (χ1v) is 8.14. The molecular formula is C20H23NO2. The molecule has 1 amide bonds. The molecule has 1 aliphatic rings. The van der Waals surface area contributed by atoms with Gasteiger partial charge in [0.05, 0.1) is 19.6 Å². The zero-order chi connectivity index (χ0) is 16.2. The topological polar surface area (TPSA) is 38.3 Å². The van der Waals surface area contributed by atoms with Crippen LogP contribution in [0, 0.1) is 12.8 Å². The third-order valence-electron chi connectivity index (χ3n) is 4.37. The monoisotopic (exact) mass is 309 g/mol. The fourth-order valence-corrected chi connectivity index (χ4v) is 2.83. The summed E-state index contributed by atoms with van der Waals surface area (Å²) in [5, 5.41) is 3.22. The molecule has 1 saturated carbocycles. The molecule has 1 fully saturated rings. The van der Waals surface area contributed by atoms with E-state index in [-0.39, 0.29) is 11.9 Å². The van der Waals surface area contributed by atoms with Crippen LogP contribution < -0.4 is 10.1 Å². The lowest BCUT2D eigenvalue weighted by molar-refractivity contribution is -0.121. The number of ether oxygens (including phenoxy) is 1. The summed E-state index contributed by atoms with van der Waals surface area (Å²) < 4.78 is 5.15. The molecule has 0 bridgehead atoms. The highest BCUT2D eigenvalue weighted by Crippen LogP contribution is 2.41. The van der Waals surface area contributed by atoms with Crippen LogP contribution in [0.3, 0.4) is 0 Å². The number of rotatable bonds is 6. The molecule has 1 atom stereocenters. The van der Waals surface area contributed by atoms with E-state index in [1.807, 2.05) is 24.3 Å². The van der Waals surface area contributed by atoms with E-state index in [2.05, 4.69) is 36.5 Å². The quantitative estimate of drug-likeness (QED) is 0.881. The van der Waals surface area contributed by atoms with Gasteiger partial charge in [-0.05, 0) is 48.9 Å². The molecule has 2 aromatic carbocycles. The van der Waals surface area contributed by atoms with Crippen molar-refractivity contribution in [2.75, 3.05) is 7.11 Å². The van der Waals surface area contributed by atoms with Gasteiger partial charge < -0.3 is 10.1 Å². The van der Waals surface area contributed by atoms with Gasteiger partial charge in [-0.2, -0.15) is 0 Å². The van der Waals surface area contributed by atoms with Crippen molar-refractivity contribution in [3.8, 4) is 5.75 Å². The molecule has 0 aromatic heterocycles. The van der Waals surface area contributed by atoms with Crippen LogP contribution in [0.4, 0.5) is 0 Å². The first-order chi connectivity index (χ1) is 11.2. The molecule has 3 nitrogen and oxygen atoms in total. The van der Waals surface area contributed by atoms with E-state index in [1.54, 1.807) is 7.11 Å². The summed E-state index contributed by atoms with van der Waals surface area (Å²) in [5.41, 5.74) is 3.45. The third kappa shape index (κ3) is 4.13. The van der Waals surface area contributed by atoms with Crippen molar-refractivity contribution in [1.29, 1.82) is 0 Å². The Morgan fingerprint density at radius 1 is 1.13 bits per heavy atom. The Hall–Kier alpha value is -2.29. The van der Waals surface area contributed by atoms with Gasteiger partial charge >= 0.3 is 0 Å². The van der Waals surface area contributed by atoms with E-state index >= 15 is 0 Å². The van der Waals surface area contributed by atoms with Crippen LogP contribution >= 0.6 is 0 Å². The summed E-state index contributed by atoms with van der Waals surface area (Å²) in [6, 6.07) is 16.3. The first-order valence-electron chi connectivity index (χ1n) is 8.14. The number of hydrogen-bond acceptors (Lipinski definition) is 2. The summed E-state index contributed by atoms with van der Waals surface area (Å²) in [5.74, 6) is 1.47. The Morgan fingerprint density at radius 3 is 2.35 bits per heavy atom. The van der Waals surface area contributed by atoms with Crippen LogP contribution in [0.1, 0.15) is 35.6 Å². The number of hydrogen-bond donors (Lipinski definition) is 1. The molecule has 23 heavy (non-hydrogen) atoms. The molecule has 0 spiro atoms. The smallest absolute Gasteiger partial charge is 0.224 e. The van der Waals surface area contributed by atoms with Crippen LogP contribution in [-0.4, -0.2) is 13.0 Å². The van der Waals surface area contributed by atoms with E-state index in [0.717, 1.165) is 11.3 Å². The second-order valence-electron chi connectivity index (χ2n) is 6.32.